The summed E-state index contributed by atoms with van der Waals surface area (Å²) in [5.74, 6) is -1.36. The third kappa shape index (κ3) is 4.78. The smallest absolute Gasteiger partial charge is 0.417 e. The van der Waals surface area contributed by atoms with Gasteiger partial charge in [0, 0.05) is 31.7 Å². The Hall–Kier alpha value is -2.03. The first-order chi connectivity index (χ1) is 12.1. The SMILES string of the molecule is CCN(CC(=O)O)C(=O)C1CCN(c2ncc(C(F)(F)F)cc2Cl)CC1. The summed E-state index contributed by atoms with van der Waals surface area (Å²) in [5.41, 5.74) is -0.913. The van der Waals surface area contributed by atoms with Gasteiger partial charge in [0.2, 0.25) is 5.91 Å². The van der Waals surface area contributed by atoms with Gasteiger partial charge in [-0.3, -0.25) is 9.59 Å². The molecule has 0 aromatic carbocycles. The number of carboxylic acids is 1. The lowest BCUT2D eigenvalue weighted by atomic mass is 9.95. The Bertz CT molecular complexity index is 676. The number of halogens is 4. The number of piperidine rings is 1. The maximum atomic E-state index is 12.7. The second kappa shape index (κ2) is 8.11. The van der Waals surface area contributed by atoms with Crippen molar-refractivity contribution in [3.8, 4) is 0 Å². The van der Waals surface area contributed by atoms with Gasteiger partial charge < -0.3 is 14.9 Å². The Morgan fingerprint density at radius 1 is 1.38 bits per heavy atom. The number of anilines is 1. The molecule has 1 aromatic heterocycles. The zero-order valence-electron chi connectivity index (χ0n) is 14.1. The molecular formula is C16H19ClF3N3O3. The van der Waals surface area contributed by atoms with Gasteiger partial charge in [-0.2, -0.15) is 13.2 Å². The second-order valence-corrected chi connectivity index (χ2v) is 6.44. The molecule has 1 aromatic rings. The van der Waals surface area contributed by atoms with Crippen LogP contribution in [0, 0.1) is 5.92 Å². The summed E-state index contributed by atoms with van der Waals surface area (Å²) in [4.78, 5) is 30.1. The van der Waals surface area contributed by atoms with Crippen molar-refractivity contribution >= 4 is 29.3 Å². The van der Waals surface area contributed by atoms with E-state index in [-0.39, 0.29) is 29.2 Å². The van der Waals surface area contributed by atoms with Crippen LogP contribution in [0.1, 0.15) is 25.3 Å². The molecule has 0 spiro atoms. The predicted molar refractivity (Wildman–Crippen MR) is 89.1 cm³/mol. The number of hydrogen-bond donors (Lipinski definition) is 1. The highest BCUT2D eigenvalue weighted by Gasteiger charge is 2.33. The van der Waals surface area contributed by atoms with Crippen LogP contribution >= 0.6 is 11.6 Å². The van der Waals surface area contributed by atoms with E-state index in [0.717, 1.165) is 12.3 Å². The van der Waals surface area contributed by atoms with E-state index >= 15 is 0 Å². The van der Waals surface area contributed by atoms with Gasteiger partial charge in [0.15, 0.2) is 0 Å². The number of aliphatic carboxylic acids is 1. The molecule has 1 N–H and O–H groups in total. The third-order valence-electron chi connectivity index (χ3n) is 4.31. The molecule has 0 aliphatic carbocycles. The minimum atomic E-state index is -4.51. The number of amides is 1. The van der Waals surface area contributed by atoms with E-state index in [9.17, 15) is 22.8 Å². The number of likely N-dealkylation sites (N-methyl/N-ethyl adjacent to an activating group) is 1. The number of aromatic nitrogens is 1. The van der Waals surface area contributed by atoms with Gasteiger partial charge >= 0.3 is 12.1 Å². The lowest BCUT2D eigenvalue weighted by molar-refractivity contribution is -0.146. The van der Waals surface area contributed by atoms with Gasteiger partial charge in [0.25, 0.3) is 0 Å². The monoisotopic (exact) mass is 393 g/mol. The van der Waals surface area contributed by atoms with E-state index in [1.807, 2.05) is 0 Å². The molecular weight excluding hydrogens is 375 g/mol. The van der Waals surface area contributed by atoms with Crippen molar-refractivity contribution in [2.24, 2.45) is 5.92 Å². The molecule has 2 rings (SSSR count). The largest absolute Gasteiger partial charge is 0.480 e. The van der Waals surface area contributed by atoms with Gasteiger partial charge in [-0.1, -0.05) is 11.6 Å². The van der Waals surface area contributed by atoms with Crippen LogP contribution in [0.15, 0.2) is 12.3 Å². The predicted octanol–water partition coefficient (Wildman–Crippen LogP) is 2.90. The molecule has 0 bridgehead atoms. The molecule has 1 fully saturated rings. The lowest BCUT2D eigenvalue weighted by Gasteiger charge is -2.34. The van der Waals surface area contributed by atoms with Crippen molar-refractivity contribution in [3.05, 3.63) is 22.8 Å². The van der Waals surface area contributed by atoms with E-state index in [2.05, 4.69) is 4.98 Å². The van der Waals surface area contributed by atoms with E-state index in [1.54, 1.807) is 11.8 Å². The number of carbonyl (C=O) groups is 2. The number of carboxylic acid groups (broad SMARTS) is 1. The fourth-order valence-electron chi connectivity index (χ4n) is 2.92. The Labute approximate surface area is 153 Å². The van der Waals surface area contributed by atoms with Gasteiger partial charge in [0.05, 0.1) is 10.6 Å². The summed E-state index contributed by atoms with van der Waals surface area (Å²) < 4.78 is 38.1. The van der Waals surface area contributed by atoms with Crippen LogP contribution in [0.3, 0.4) is 0 Å². The first-order valence-electron chi connectivity index (χ1n) is 8.11. The molecule has 1 amide bonds. The van der Waals surface area contributed by atoms with Gasteiger partial charge in [-0.25, -0.2) is 4.98 Å². The molecule has 144 valence electrons. The number of hydrogen-bond acceptors (Lipinski definition) is 4. The Balaban J connectivity index is 2.02. The molecule has 0 unspecified atom stereocenters. The molecule has 1 saturated heterocycles. The van der Waals surface area contributed by atoms with Crippen molar-refractivity contribution in [3.63, 3.8) is 0 Å². The van der Waals surface area contributed by atoms with Gasteiger partial charge in [-0.15, -0.1) is 0 Å². The summed E-state index contributed by atoms with van der Waals surface area (Å²) in [6.07, 6.45) is -2.87. The van der Waals surface area contributed by atoms with Crippen LogP contribution in [0.4, 0.5) is 19.0 Å². The van der Waals surface area contributed by atoms with Crippen molar-refractivity contribution in [2.75, 3.05) is 31.1 Å². The average molecular weight is 394 g/mol. The summed E-state index contributed by atoms with van der Waals surface area (Å²) in [7, 11) is 0. The standard InChI is InChI=1S/C16H19ClF3N3O3/c1-2-22(9-13(24)25)15(26)10-3-5-23(6-4-10)14-12(17)7-11(8-21-14)16(18,19)20/h7-8,10H,2-6,9H2,1H3,(H,24,25). The molecule has 1 aliphatic rings. The molecule has 2 heterocycles. The minimum Gasteiger partial charge on any atom is -0.480 e. The summed E-state index contributed by atoms with van der Waals surface area (Å²) in [6.45, 7) is 2.47. The van der Waals surface area contributed by atoms with E-state index in [1.165, 1.54) is 4.90 Å². The number of nitrogens with zero attached hydrogens (tertiary/aromatic N) is 3. The molecule has 1 aliphatic heterocycles. The van der Waals surface area contributed by atoms with Crippen molar-refractivity contribution in [2.45, 2.75) is 25.9 Å². The Morgan fingerprint density at radius 3 is 2.46 bits per heavy atom. The highest BCUT2D eigenvalue weighted by Crippen LogP contribution is 2.34. The Kier molecular flexibility index (Phi) is 6.33. The zero-order chi connectivity index (χ0) is 19.5. The lowest BCUT2D eigenvalue weighted by Crippen LogP contribution is -2.44. The maximum Gasteiger partial charge on any atom is 0.417 e. The molecule has 26 heavy (non-hydrogen) atoms. The molecule has 10 heteroatoms. The molecule has 0 radical (unpaired) electrons. The normalized spacial score (nSPS) is 15.8. The quantitative estimate of drug-likeness (QED) is 0.832. The number of carbonyl (C=O) groups excluding carboxylic acids is 1. The van der Waals surface area contributed by atoms with Gasteiger partial charge in [-0.05, 0) is 25.8 Å². The zero-order valence-corrected chi connectivity index (χ0v) is 14.8. The van der Waals surface area contributed by atoms with E-state index in [4.69, 9.17) is 16.7 Å². The summed E-state index contributed by atoms with van der Waals surface area (Å²) >= 11 is 5.95. The topological polar surface area (TPSA) is 73.7 Å². The van der Waals surface area contributed by atoms with Crippen molar-refractivity contribution in [1.82, 2.24) is 9.88 Å². The number of rotatable bonds is 5. The van der Waals surface area contributed by atoms with Crippen LogP contribution < -0.4 is 4.90 Å². The highest BCUT2D eigenvalue weighted by atomic mass is 35.5. The first kappa shape index (κ1) is 20.3. The van der Waals surface area contributed by atoms with Gasteiger partial charge in [0.1, 0.15) is 12.4 Å². The molecule has 0 atom stereocenters. The van der Waals surface area contributed by atoms with E-state index in [0.29, 0.717) is 32.5 Å². The van der Waals surface area contributed by atoms with Crippen molar-refractivity contribution < 1.29 is 27.9 Å². The van der Waals surface area contributed by atoms with E-state index < -0.39 is 17.7 Å². The van der Waals surface area contributed by atoms with Crippen LogP contribution in [-0.4, -0.2) is 53.0 Å². The maximum absolute atomic E-state index is 12.7. The first-order valence-corrected chi connectivity index (χ1v) is 8.49. The third-order valence-corrected chi connectivity index (χ3v) is 4.59. The average Bonchev–Trinajstić information content (AvgIpc) is 2.58. The summed E-state index contributed by atoms with van der Waals surface area (Å²) in [5, 5.41) is 8.77. The Morgan fingerprint density at radius 2 is 2.00 bits per heavy atom. The van der Waals surface area contributed by atoms with Crippen LogP contribution in [0.5, 0.6) is 0 Å². The summed E-state index contributed by atoms with van der Waals surface area (Å²) in [6, 6.07) is 0.840. The fraction of sp³-hybridized carbons (Fsp3) is 0.562. The fourth-order valence-corrected chi connectivity index (χ4v) is 3.21. The second-order valence-electron chi connectivity index (χ2n) is 6.03. The number of pyridine rings is 1. The number of alkyl halides is 3. The highest BCUT2D eigenvalue weighted by molar-refractivity contribution is 6.33. The minimum absolute atomic E-state index is 0.0920. The van der Waals surface area contributed by atoms with Crippen LogP contribution in [0.25, 0.3) is 0 Å². The van der Waals surface area contributed by atoms with Crippen LogP contribution in [0.2, 0.25) is 5.02 Å². The molecule has 0 saturated carbocycles. The van der Waals surface area contributed by atoms with Crippen molar-refractivity contribution in [1.29, 1.82) is 0 Å². The van der Waals surface area contributed by atoms with Crippen LogP contribution in [-0.2, 0) is 15.8 Å². The molecule has 6 nitrogen and oxygen atoms in total.